The monoisotopic (exact) mass is 295 g/mol. The van der Waals surface area contributed by atoms with E-state index < -0.39 is 17.2 Å². The second-order valence-electron chi connectivity index (χ2n) is 4.75. The highest BCUT2D eigenvalue weighted by atomic mass is 32.1. The summed E-state index contributed by atoms with van der Waals surface area (Å²) in [6.07, 6.45) is -1.63. The Labute approximate surface area is 115 Å². The maximum absolute atomic E-state index is 12.6. The van der Waals surface area contributed by atoms with Gasteiger partial charge in [-0.3, -0.25) is 0 Å². The molecule has 1 aromatic heterocycles. The molecule has 2 N–H and O–H groups in total. The van der Waals surface area contributed by atoms with Crippen LogP contribution in [0, 0.1) is 0 Å². The predicted molar refractivity (Wildman–Crippen MR) is 71.0 cm³/mol. The SMILES string of the molecule is CCC(CC)(C(N)c1cnc(C(F)(F)F)s1)N(C)C. The molecule has 0 spiro atoms. The van der Waals surface area contributed by atoms with Gasteiger partial charge >= 0.3 is 6.18 Å². The third kappa shape index (κ3) is 3.09. The number of nitrogens with two attached hydrogens (primary N) is 1. The molecular weight excluding hydrogens is 275 g/mol. The summed E-state index contributed by atoms with van der Waals surface area (Å²) in [6.45, 7) is 3.99. The Morgan fingerprint density at radius 1 is 1.32 bits per heavy atom. The molecule has 3 nitrogen and oxygen atoms in total. The number of halogens is 3. The molecule has 0 saturated carbocycles. The molecule has 7 heteroatoms. The highest BCUT2D eigenvalue weighted by Gasteiger charge is 2.40. The molecule has 1 aromatic rings. The number of aromatic nitrogens is 1. The normalized spacial score (nSPS) is 15.0. The van der Waals surface area contributed by atoms with Crippen LogP contribution < -0.4 is 5.73 Å². The van der Waals surface area contributed by atoms with Gasteiger partial charge in [-0.15, -0.1) is 11.3 Å². The molecule has 0 radical (unpaired) electrons. The summed E-state index contributed by atoms with van der Waals surface area (Å²) < 4.78 is 37.7. The summed E-state index contributed by atoms with van der Waals surface area (Å²) >= 11 is 0.635. The zero-order valence-corrected chi connectivity index (χ0v) is 12.4. The Morgan fingerprint density at radius 2 is 1.84 bits per heavy atom. The summed E-state index contributed by atoms with van der Waals surface area (Å²) in [5, 5.41) is -0.835. The first-order chi connectivity index (χ1) is 8.69. The Bertz CT molecular complexity index is 411. The fourth-order valence-electron chi connectivity index (χ4n) is 2.43. The summed E-state index contributed by atoms with van der Waals surface area (Å²) in [6, 6.07) is -0.480. The predicted octanol–water partition coefficient (Wildman–Crippen LogP) is 3.28. The molecule has 110 valence electrons. The first-order valence-corrected chi connectivity index (χ1v) is 6.96. The highest BCUT2D eigenvalue weighted by Crippen LogP contribution is 2.39. The summed E-state index contributed by atoms with van der Waals surface area (Å²) in [5.74, 6) is 0. The average Bonchev–Trinajstić information content (AvgIpc) is 2.79. The number of hydrogen-bond donors (Lipinski definition) is 1. The van der Waals surface area contributed by atoms with Crippen LogP contribution in [0.4, 0.5) is 13.2 Å². The minimum absolute atomic E-state index is 0.352. The van der Waals surface area contributed by atoms with Crippen LogP contribution in [0.3, 0.4) is 0 Å². The van der Waals surface area contributed by atoms with Crippen LogP contribution >= 0.6 is 11.3 Å². The molecule has 0 amide bonds. The van der Waals surface area contributed by atoms with E-state index in [-0.39, 0.29) is 5.54 Å². The van der Waals surface area contributed by atoms with Gasteiger partial charge in [0.1, 0.15) is 0 Å². The van der Waals surface area contributed by atoms with E-state index in [0.29, 0.717) is 16.2 Å². The fourth-order valence-corrected chi connectivity index (χ4v) is 3.32. The minimum Gasteiger partial charge on any atom is -0.322 e. The van der Waals surface area contributed by atoms with E-state index in [4.69, 9.17) is 5.73 Å². The van der Waals surface area contributed by atoms with Gasteiger partial charge in [-0.05, 0) is 26.9 Å². The van der Waals surface area contributed by atoms with Crippen molar-refractivity contribution in [2.24, 2.45) is 5.73 Å². The number of alkyl halides is 3. The molecule has 0 bridgehead atoms. The molecule has 0 saturated heterocycles. The topological polar surface area (TPSA) is 42.1 Å². The zero-order chi connectivity index (χ0) is 14.8. The molecule has 0 aliphatic heterocycles. The molecule has 19 heavy (non-hydrogen) atoms. The molecular formula is C12H20F3N3S. The number of hydrogen-bond acceptors (Lipinski definition) is 4. The van der Waals surface area contributed by atoms with Crippen molar-refractivity contribution >= 4 is 11.3 Å². The van der Waals surface area contributed by atoms with Crippen LogP contribution in [0.25, 0.3) is 0 Å². The van der Waals surface area contributed by atoms with Crippen molar-refractivity contribution < 1.29 is 13.2 Å². The van der Waals surface area contributed by atoms with Crippen LogP contribution in [-0.4, -0.2) is 29.5 Å². The number of rotatable bonds is 5. The van der Waals surface area contributed by atoms with Crippen molar-refractivity contribution in [3.63, 3.8) is 0 Å². The van der Waals surface area contributed by atoms with Gasteiger partial charge in [-0.2, -0.15) is 13.2 Å². The largest absolute Gasteiger partial charge is 0.443 e. The van der Waals surface area contributed by atoms with Gasteiger partial charge in [0.15, 0.2) is 5.01 Å². The lowest BCUT2D eigenvalue weighted by Gasteiger charge is -2.43. The molecule has 1 atom stereocenters. The summed E-state index contributed by atoms with van der Waals surface area (Å²) in [5.41, 5.74) is 5.86. The van der Waals surface area contributed by atoms with Crippen molar-refractivity contribution in [3.8, 4) is 0 Å². The minimum atomic E-state index is -4.40. The van der Waals surface area contributed by atoms with Crippen molar-refractivity contribution in [2.45, 2.75) is 44.4 Å². The Hall–Kier alpha value is -0.660. The number of thiazole rings is 1. The van der Waals surface area contributed by atoms with E-state index in [9.17, 15) is 13.2 Å². The van der Waals surface area contributed by atoms with Crippen molar-refractivity contribution in [1.82, 2.24) is 9.88 Å². The van der Waals surface area contributed by atoms with Crippen molar-refractivity contribution in [2.75, 3.05) is 14.1 Å². The molecule has 1 rings (SSSR count). The molecule has 0 aliphatic rings. The second kappa shape index (κ2) is 5.76. The summed E-state index contributed by atoms with van der Waals surface area (Å²) in [7, 11) is 3.80. The van der Waals surface area contributed by atoms with Crippen LogP contribution in [0.15, 0.2) is 6.20 Å². The lowest BCUT2D eigenvalue weighted by molar-refractivity contribution is -0.137. The Balaban J connectivity index is 3.11. The third-order valence-corrected chi connectivity index (χ3v) is 4.89. The molecule has 0 aromatic carbocycles. The fraction of sp³-hybridized carbons (Fsp3) is 0.750. The third-order valence-electron chi connectivity index (χ3n) is 3.77. The van der Waals surface area contributed by atoms with Gasteiger partial charge < -0.3 is 10.6 Å². The standard InChI is InChI=1S/C12H20F3N3S/c1-5-11(6-2,18(3)4)9(16)8-7-17-10(19-8)12(13,14)15/h7,9H,5-6,16H2,1-4H3. The van der Waals surface area contributed by atoms with Gasteiger partial charge in [0, 0.05) is 16.6 Å². The first-order valence-electron chi connectivity index (χ1n) is 6.15. The van der Waals surface area contributed by atoms with Crippen LogP contribution in [0.5, 0.6) is 0 Å². The smallest absolute Gasteiger partial charge is 0.322 e. The number of nitrogens with zero attached hydrogens (tertiary/aromatic N) is 2. The van der Waals surface area contributed by atoms with Crippen LogP contribution in [0.1, 0.15) is 42.6 Å². The van der Waals surface area contributed by atoms with Gasteiger partial charge in [-0.25, -0.2) is 4.98 Å². The van der Waals surface area contributed by atoms with Gasteiger partial charge in [-0.1, -0.05) is 13.8 Å². The number of likely N-dealkylation sites (N-methyl/N-ethyl adjacent to an activating group) is 1. The Morgan fingerprint density at radius 3 is 2.16 bits per heavy atom. The van der Waals surface area contributed by atoms with Crippen molar-refractivity contribution in [1.29, 1.82) is 0 Å². The molecule has 0 fully saturated rings. The Kier molecular flexibility index (Phi) is 4.97. The van der Waals surface area contributed by atoms with Crippen LogP contribution in [-0.2, 0) is 6.18 Å². The maximum atomic E-state index is 12.6. The van der Waals surface area contributed by atoms with Gasteiger partial charge in [0.2, 0.25) is 0 Å². The average molecular weight is 295 g/mol. The van der Waals surface area contributed by atoms with Gasteiger partial charge in [0.25, 0.3) is 0 Å². The van der Waals surface area contributed by atoms with Crippen molar-refractivity contribution in [3.05, 3.63) is 16.1 Å². The van der Waals surface area contributed by atoms with E-state index in [1.807, 2.05) is 32.8 Å². The maximum Gasteiger partial charge on any atom is 0.443 e. The lowest BCUT2D eigenvalue weighted by atomic mass is 9.83. The summed E-state index contributed by atoms with van der Waals surface area (Å²) in [4.78, 5) is 5.91. The van der Waals surface area contributed by atoms with E-state index >= 15 is 0 Å². The quantitative estimate of drug-likeness (QED) is 0.906. The zero-order valence-electron chi connectivity index (χ0n) is 11.6. The second-order valence-corrected chi connectivity index (χ2v) is 5.81. The van der Waals surface area contributed by atoms with E-state index in [0.717, 1.165) is 12.8 Å². The molecule has 1 unspecified atom stereocenters. The first kappa shape index (κ1) is 16.4. The van der Waals surface area contributed by atoms with E-state index in [2.05, 4.69) is 4.98 Å². The molecule has 0 aliphatic carbocycles. The van der Waals surface area contributed by atoms with E-state index in [1.54, 1.807) is 0 Å². The molecule has 1 heterocycles. The van der Waals surface area contributed by atoms with Gasteiger partial charge in [0.05, 0.1) is 6.04 Å². The van der Waals surface area contributed by atoms with E-state index in [1.165, 1.54) is 6.20 Å². The van der Waals surface area contributed by atoms with Crippen LogP contribution in [0.2, 0.25) is 0 Å². The lowest BCUT2D eigenvalue weighted by Crippen LogP contribution is -2.51. The highest BCUT2D eigenvalue weighted by molar-refractivity contribution is 7.11.